The van der Waals surface area contributed by atoms with Gasteiger partial charge in [0.25, 0.3) is 0 Å². The second kappa shape index (κ2) is 10.4. The summed E-state index contributed by atoms with van der Waals surface area (Å²) >= 11 is 3.46. The molecular weight excluding hydrogens is 346 g/mol. The first-order chi connectivity index (χ1) is 11.7. The standard InChI is InChI=1S/C15H25N5O2S2/c1-3-22-15(21)20-9-7-19(8-10-20)13(16-2)17-5-4-11-23-14-18-6-12-24-14/h6,12H,3-5,7-11H2,1-2H3,(H,16,17). The third-order valence-corrected chi connectivity index (χ3v) is 5.61. The van der Waals surface area contributed by atoms with Gasteiger partial charge in [-0.2, -0.15) is 0 Å². The van der Waals surface area contributed by atoms with Gasteiger partial charge in [-0.1, -0.05) is 11.8 Å². The zero-order valence-electron chi connectivity index (χ0n) is 14.2. The van der Waals surface area contributed by atoms with Gasteiger partial charge in [0.2, 0.25) is 0 Å². The van der Waals surface area contributed by atoms with Crippen LogP contribution in [0.5, 0.6) is 0 Å². The number of nitrogens with one attached hydrogen (secondary N) is 1. The molecule has 1 aromatic heterocycles. The highest BCUT2D eigenvalue weighted by atomic mass is 32.2. The van der Waals surface area contributed by atoms with E-state index in [1.807, 2.05) is 18.5 Å². The van der Waals surface area contributed by atoms with Crippen LogP contribution in [0.15, 0.2) is 20.9 Å². The second-order valence-electron chi connectivity index (χ2n) is 5.15. The number of hydrogen-bond acceptors (Lipinski definition) is 6. The molecule has 1 fully saturated rings. The Balaban J connectivity index is 1.64. The van der Waals surface area contributed by atoms with E-state index in [-0.39, 0.29) is 6.09 Å². The number of ether oxygens (including phenoxy) is 1. The van der Waals surface area contributed by atoms with Crippen LogP contribution in [0.2, 0.25) is 0 Å². The van der Waals surface area contributed by atoms with E-state index < -0.39 is 0 Å². The number of hydrogen-bond donors (Lipinski definition) is 1. The minimum Gasteiger partial charge on any atom is -0.450 e. The molecule has 0 bridgehead atoms. The quantitative estimate of drug-likeness (QED) is 0.357. The Kier molecular flexibility index (Phi) is 8.17. The normalized spacial score (nSPS) is 15.5. The molecule has 0 radical (unpaired) electrons. The Labute approximate surface area is 151 Å². The van der Waals surface area contributed by atoms with Gasteiger partial charge in [0.1, 0.15) is 4.34 Å². The van der Waals surface area contributed by atoms with Gasteiger partial charge in [0.15, 0.2) is 5.96 Å². The average Bonchev–Trinajstić information content (AvgIpc) is 3.12. The molecule has 134 valence electrons. The van der Waals surface area contributed by atoms with E-state index in [0.717, 1.165) is 42.1 Å². The molecule has 1 amide bonds. The largest absolute Gasteiger partial charge is 0.450 e. The molecule has 1 N–H and O–H groups in total. The molecule has 1 aliphatic heterocycles. The molecule has 0 unspecified atom stereocenters. The fourth-order valence-electron chi connectivity index (χ4n) is 2.36. The highest BCUT2D eigenvalue weighted by Gasteiger charge is 2.23. The highest BCUT2D eigenvalue weighted by Crippen LogP contribution is 2.20. The van der Waals surface area contributed by atoms with E-state index in [4.69, 9.17) is 4.74 Å². The Morgan fingerprint density at radius 1 is 1.42 bits per heavy atom. The molecule has 24 heavy (non-hydrogen) atoms. The molecule has 1 saturated heterocycles. The minimum atomic E-state index is -0.223. The van der Waals surface area contributed by atoms with Gasteiger partial charge in [0.05, 0.1) is 6.61 Å². The summed E-state index contributed by atoms with van der Waals surface area (Å²) in [5, 5.41) is 5.40. The summed E-state index contributed by atoms with van der Waals surface area (Å²) in [5.74, 6) is 1.94. The second-order valence-corrected chi connectivity index (χ2v) is 7.38. The van der Waals surface area contributed by atoms with Crippen molar-refractivity contribution < 1.29 is 9.53 Å². The minimum absolute atomic E-state index is 0.223. The molecule has 7 nitrogen and oxygen atoms in total. The fourth-order valence-corrected chi connectivity index (χ4v) is 4.01. The van der Waals surface area contributed by atoms with Crippen molar-refractivity contribution in [1.29, 1.82) is 0 Å². The molecule has 1 aromatic rings. The van der Waals surface area contributed by atoms with E-state index in [0.29, 0.717) is 19.7 Å². The molecular formula is C15H25N5O2S2. The van der Waals surface area contributed by atoms with Crippen LogP contribution in [0.25, 0.3) is 0 Å². The molecule has 0 aliphatic carbocycles. The molecule has 2 heterocycles. The summed E-state index contributed by atoms with van der Waals surface area (Å²) in [7, 11) is 1.80. The predicted molar refractivity (Wildman–Crippen MR) is 99.0 cm³/mol. The molecule has 0 atom stereocenters. The lowest BCUT2D eigenvalue weighted by Gasteiger charge is -2.35. The summed E-state index contributed by atoms with van der Waals surface area (Å²) in [6, 6.07) is 0. The van der Waals surface area contributed by atoms with Crippen LogP contribution in [0.1, 0.15) is 13.3 Å². The molecule has 0 saturated carbocycles. The number of piperazine rings is 1. The Hall–Kier alpha value is -1.48. The Morgan fingerprint density at radius 2 is 2.17 bits per heavy atom. The lowest BCUT2D eigenvalue weighted by Crippen LogP contribution is -2.54. The van der Waals surface area contributed by atoms with Crippen LogP contribution < -0.4 is 5.32 Å². The third-order valence-electron chi connectivity index (χ3n) is 3.56. The predicted octanol–water partition coefficient (Wildman–Crippen LogP) is 1.97. The number of guanidine groups is 1. The summed E-state index contributed by atoms with van der Waals surface area (Å²) in [6.07, 6.45) is 2.66. The number of carbonyl (C=O) groups excluding carboxylic acids is 1. The summed E-state index contributed by atoms with van der Waals surface area (Å²) in [6.45, 7) is 5.99. The van der Waals surface area contributed by atoms with Gasteiger partial charge in [0, 0.05) is 57.1 Å². The van der Waals surface area contributed by atoms with Gasteiger partial charge < -0.3 is 19.9 Å². The molecule has 9 heteroatoms. The number of nitrogens with zero attached hydrogens (tertiary/aromatic N) is 4. The monoisotopic (exact) mass is 371 g/mol. The average molecular weight is 372 g/mol. The van der Waals surface area contributed by atoms with Crippen LogP contribution in [-0.4, -0.2) is 79.0 Å². The SMILES string of the molecule is CCOC(=O)N1CCN(C(=NC)NCCCSc2nccs2)CC1. The maximum absolute atomic E-state index is 11.7. The number of thioether (sulfide) groups is 1. The van der Waals surface area contributed by atoms with Crippen LogP contribution in [0, 0.1) is 0 Å². The van der Waals surface area contributed by atoms with Gasteiger partial charge in [-0.3, -0.25) is 4.99 Å². The van der Waals surface area contributed by atoms with Crippen molar-refractivity contribution in [3.05, 3.63) is 11.6 Å². The first-order valence-electron chi connectivity index (χ1n) is 8.14. The number of carbonyl (C=O) groups is 1. The van der Waals surface area contributed by atoms with Gasteiger partial charge in [-0.05, 0) is 13.3 Å². The van der Waals surface area contributed by atoms with E-state index in [1.165, 1.54) is 0 Å². The summed E-state index contributed by atoms with van der Waals surface area (Å²) in [4.78, 5) is 24.3. The lowest BCUT2D eigenvalue weighted by atomic mass is 10.3. The highest BCUT2D eigenvalue weighted by molar-refractivity contribution is 8.00. The lowest BCUT2D eigenvalue weighted by molar-refractivity contribution is 0.0915. The fraction of sp³-hybridized carbons (Fsp3) is 0.667. The number of aromatic nitrogens is 1. The van der Waals surface area contributed by atoms with E-state index >= 15 is 0 Å². The summed E-state index contributed by atoms with van der Waals surface area (Å²) in [5.41, 5.74) is 0. The maximum atomic E-state index is 11.7. The molecule has 2 rings (SSSR count). The van der Waals surface area contributed by atoms with Gasteiger partial charge >= 0.3 is 6.09 Å². The van der Waals surface area contributed by atoms with Crippen molar-refractivity contribution in [3.63, 3.8) is 0 Å². The number of thiazole rings is 1. The smallest absolute Gasteiger partial charge is 0.409 e. The van der Waals surface area contributed by atoms with Crippen molar-refractivity contribution in [2.45, 2.75) is 17.7 Å². The molecule has 1 aliphatic rings. The zero-order valence-corrected chi connectivity index (χ0v) is 15.9. The Morgan fingerprint density at radius 3 is 2.79 bits per heavy atom. The first-order valence-corrected chi connectivity index (χ1v) is 10.0. The van der Waals surface area contributed by atoms with Crippen LogP contribution in [-0.2, 0) is 4.74 Å². The van der Waals surface area contributed by atoms with E-state index in [9.17, 15) is 4.79 Å². The van der Waals surface area contributed by atoms with Crippen molar-refractivity contribution in [1.82, 2.24) is 20.1 Å². The van der Waals surface area contributed by atoms with Crippen LogP contribution in [0.4, 0.5) is 4.79 Å². The molecule has 0 aromatic carbocycles. The number of rotatable bonds is 6. The number of amides is 1. The van der Waals surface area contributed by atoms with Crippen molar-refractivity contribution in [3.8, 4) is 0 Å². The third kappa shape index (κ3) is 5.86. The maximum Gasteiger partial charge on any atom is 0.409 e. The van der Waals surface area contributed by atoms with Crippen molar-refractivity contribution >= 4 is 35.2 Å². The number of aliphatic imine (C=N–C) groups is 1. The van der Waals surface area contributed by atoms with Crippen LogP contribution in [0.3, 0.4) is 0 Å². The van der Waals surface area contributed by atoms with E-state index in [1.54, 1.807) is 35.0 Å². The first kappa shape index (κ1) is 18.9. The zero-order chi connectivity index (χ0) is 17.2. The molecule has 0 spiro atoms. The van der Waals surface area contributed by atoms with Gasteiger partial charge in [-0.15, -0.1) is 11.3 Å². The van der Waals surface area contributed by atoms with Crippen molar-refractivity contribution in [2.24, 2.45) is 4.99 Å². The summed E-state index contributed by atoms with van der Waals surface area (Å²) < 4.78 is 6.16. The van der Waals surface area contributed by atoms with Crippen molar-refractivity contribution in [2.75, 3.05) is 52.1 Å². The van der Waals surface area contributed by atoms with Gasteiger partial charge in [-0.25, -0.2) is 9.78 Å². The Bertz CT molecular complexity index is 516. The van der Waals surface area contributed by atoms with E-state index in [2.05, 4.69) is 20.2 Å². The van der Waals surface area contributed by atoms with Crippen LogP contribution >= 0.6 is 23.1 Å². The topological polar surface area (TPSA) is 70.1 Å².